The molecule has 0 aromatic carbocycles. The zero-order valence-corrected chi connectivity index (χ0v) is 15.8. The van der Waals surface area contributed by atoms with E-state index < -0.39 is 10.0 Å². The van der Waals surface area contributed by atoms with Crippen molar-refractivity contribution in [3.63, 3.8) is 0 Å². The van der Waals surface area contributed by atoms with E-state index in [1.165, 1.54) is 10.5 Å². The summed E-state index contributed by atoms with van der Waals surface area (Å²) in [5.74, 6) is 0.602. The normalized spacial score (nSPS) is 15.9. The molecule has 1 aliphatic heterocycles. The van der Waals surface area contributed by atoms with Gasteiger partial charge in [-0.15, -0.1) is 0 Å². The number of pyridine rings is 2. The molecule has 1 fully saturated rings. The van der Waals surface area contributed by atoms with Gasteiger partial charge < -0.3 is 14.5 Å². The van der Waals surface area contributed by atoms with Gasteiger partial charge in [0.25, 0.3) is 0 Å². The van der Waals surface area contributed by atoms with Crippen molar-refractivity contribution in [1.29, 1.82) is 0 Å². The molecular formula is C18H21N5O3S. The Balaban J connectivity index is 1.45. The number of morpholine rings is 1. The van der Waals surface area contributed by atoms with Crippen LogP contribution >= 0.6 is 0 Å². The first kappa shape index (κ1) is 17.9. The molecule has 0 atom stereocenters. The quantitative estimate of drug-likeness (QED) is 0.716. The second kappa shape index (κ2) is 7.26. The maximum absolute atomic E-state index is 12.6. The molecule has 0 radical (unpaired) electrons. The number of imidazole rings is 1. The van der Waals surface area contributed by atoms with Gasteiger partial charge in [0.15, 0.2) is 0 Å². The first-order chi connectivity index (χ1) is 13.0. The molecule has 3 aromatic heterocycles. The standard InChI is InChI=1S/C18H21N5O3S/c1-14-3-2-4-18-21-15(13-23(14)18)11-19-17-6-5-16(12-20-17)27(24,25)22-7-9-26-10-8-22/h2-6,12-13H,7-11H2,1H3,(H,19,20). The van der Waals surface area contributed by atoms with Crippen molar-refractivity contribution in [2.75, 3.05) is 31.6 Å². The van der Waals surface area contributed by atoms with Crippen LogP contribution in [0.15, 0.2) is 47.6 Å². The molecule has 0 aliphatic carbocycles. The van der Waals surface area contributed by atoms with Crippen molar-refractivity contribution in [3.8, 4) is 0 Å². The summed E-state index contributed by atoms with van der Waals surface area (Å²) < 4.78 is 33.9. The lowest BCUT2D eigenvalue weighted by molar-refractivity contribution is 0.0730. The van der Waals surface area contributed by atoms with Gasteiger partial charge in [-0.2, -0.15) is 4.31 Å². The summed E-state index contributed by atoms with van der Waals surface area (Å²) in [5.41, 5.74) is 2.89. The number of ether oxygens (including phenoxy) is 1. The Kier molecular flexibility index (Phi) is 4.81. The minimum atomic E-state index is -3.52. The Morgan fingerprint density at radius 3 is 2.70 bits per heavy atom. The van der Waals surface area contributed by atoms with Crippen LogP contribution < -0.4 is 5.32 Å². The lowest BCUT2D eigenvalue weighted by Gasteiger charge is -2.25. The van der Waals surface area contributed by atoms with Gasteiger partial charge in [-0.3, -0.25) is 0 Å². The van der Waals surface area contributed by atoms with Gasteiger partial charge in [-0.25, -0.2) is 18.4 Å². The van der Waals surface area contributed by atoms with Gasteiger partial charge in [0.05, 0.1) is 25.5 Å². The molecular weight excluding hydrogens is 366 g/mol. The maximum Gasteiger partial charge on any atom is 0.244 e. The molecule has 1 saturated heterocycles. The molecule has 1 N–H and O–H groups in total. The second-order valence-corrected chi connectivity index (χ2v) is 8.31. The number of nitrogens with zero attached hydrogens (tertiary/aromatic N) is 4. The molecule has 8 nitrogen and oxygen atoms in total. The van der Waals surface area contributed by atoms with Gasteiger partial charge in [0.1, 0.15) is 16.4 Å². The third kappa shape index (κ3) is 3.66. The fraction of sp³-hybridized carbons (Fsp3) is 0.333. The average Bonchev–Trinajstić information content (AvgIpc) is 3.12. The molecule has 142 valence electrons. The van der Waals surface area contributed by atoms with Crippen molar-refractivity contribution in [3.05, 3.63) is 54.1 Å². The average molecular weight is 387 g/mol. The number of anilines is 1. The Labute approximate surface area is 157 Å². The van der Waals surface area contributed by atoms with Crippen LogP contribution in [0.1, 0.15) is 11.4 Å². The number of aromatic nitrogens is 3. The van der Waals surface area contributed by atoms with Crippen LogP contribution in [0.25, 0.3) is 5.65 Å². The highest BCUT2D eigenvalue weighted by Gasteiger charge is 2.26. The van der Waals surface area contributed by atoms with E-state index in [1.807, 2.05) is 35.7 Å². The SMILES string of the molecule is Cc1cccc2nc(CNc3ccc(S(=O)(=O)N4CCOCC4)cn3)cn12. The van der Waals surface area contributed by atoms with Crippen LogP contribution in [-0.4, -0.2) is 53.4 Å². The third-order valence-electron chi connectivity index (χ3n) is 4.54. The van der Waals surface area contributed by atoms with Crippen LogP contribution in [0, 0.1) is 6.92 Å². The van der Waals surface area contributed by atoms with E-state index in [4.69, 9.17) is 4.74 Å². The molecule has 4 rings (SSSR count). The lowest BCUT2D eigenvalue weighted by atomic mass is 10.4. The molecule has 0 unspecified atom stereocenters. The Morgan fingerprint density at radius 2 is 2.00 bits per heavy atom. The molecule has 0 bridgehead atoms. The third-order valence-corrected chi connectivity index (χ3v) is 6.42. The van der Waals surface area contributed by atoms with Crippen molar-refractivity contribution in [1.82, 2.24) is 18.7 Å². The fourth-order valence-corrected chi connectivity index (χ4v) is 4.39. The van der Waals surface area contributed by atoms with Crippen LogP contribution in [0.4, 0.5) is 5.82 Å². The summed E-state index contributed by atoms with van der Waals surface area (Å²) in [6, 6.07) is 9.22. The van der Waals surface area contributed by atoms with Crippen molar-refractivity contribution in [2.24, 2.45) is 0 Å². The van der Waals surface area contributed by atoms with Crippen LogP contribution in [-0.2, 0) is 21.3 Å². The van der Waals surface area contributed by atoms with Crippen LogP contribution in [0.3, 0.4) is 0 Å². The predicted octanol–water partition coefficient (Wildman–Crippen LogP) is 1.67. The fourth-order valence-electron chi connectivity index (χ4n) is 3.04. The van der Waals surface area contributed by atoms with Crippen LogP contribution in [0.5, 0.6) is 0 Å². The van der Waals surface area contributed by atoms with E-state index in [1.54, 1.807) is 12.1 Å². The Morgan fingerprint density at radius 1 is 1.19 bits per heavy atom. The summed E-state index contributed by atoms with van der Waals surface area (Å²) >= 11 is 0. The summed E-state index contributed by atoms with van der Waals surface area (Å²) in [7, 11) is -3.52. The number of rotatable bonds is 5. The van der Waals surface area contributed by atoms with Gasteiger partial charge in [-0.05, 0) is 31.2 Å². The number of fused-ring (bicyclic) bond motifs is 1. The zero-order chi connectivity index (χ0) is 18.9. The largest absolute Gasteiger partial charge is 0.379 e. The topological polar surface area (TPSA) is 88.8 Å². The van der Waals surface area contributed by atoms with Gasteiger partial charge >= 0.3 is 0 Å². The number of hydrogen-bond acceptors (Lipinski definition) is 6. The Bertz CT molecular complexity index is 1040. The van der Waals surface area contributed by atoms with Crippen molar-refractivity contribution >= 4 is 21.5 Å². The molecule has 4 heterocycles. The summed E-state index contributed by atoms with van der Waals surface area (Å²) in [6.45, 7) is 4.12. The first-order valence-corrected chi connectivity index (χ1v) is 10.2. The van der Waals surface area contributed by atoms with E-state index in [0.717, 1.165) is 17.0 Å². The minimum absolute atomic E-state index is 0.193. The highest BCUT2D eigenvalue weighted by Crippen LogP contribution is 2.18. The van der Waals surface area contributed by atoms with Gasteiger partial charge in [-0.1, -0.05) is 6.07 Å². The van der Waals surface area contributed by atoms with Crippen molar-refractivity contribution in [2.45, 2.75) is 18.4 Å². The van der Waals surface area contributed by atoms with E-state index in [2.05, 4.69) is 15.3 Å². The van der Waals surface area contributed by atoms with E-state index in [-0.39, 0.29) is 4.90 Å². The molecule has 0 saturated carbocycles. The van der Waals surface area contributed by atoms with E-state index in [9.17, 15) is 8.42 Å². The number of sulfonamides is 1. The molecule has 0 amide bonds. The second-order valence-electron chi connectivity index (χ2n) is 6.38. The highest BCUT2D eigenvalue weighted by molar-refractivity contribution is 7.89. The Hall–Kier alpha value is -2.49. The van der Waals surface area contributed by atoms with Crippen LogP contribution in [0.2, 0.25) is 0 Å². The monoisotopic (exact) mass is 387 g/mol. The predicted molar refractivity (Wildman–Crippen MR) is 101 cm³/mol. The van der Waals surface area contributed by atoms with E-state index in [0.29, 0.717) is 38.7 Å². The van der Waals surface area contributed by atoms with Gasteiger partial charge in [0, 0.05) is 31.2 Å². The van der Waals surface area contributed by atoms with E-state index >= 15 is 0 Å². The molecule has 0 spiro atoms. The molecule has 1 aliphatic rings. The summed E-state index contributed by atoms with van der Waals surface area (Å²) in [4.78, 5) is 9.00. The number of aryl methyl sites for hydroxylation is 1. The smallest absolute Gasteiger partial charge is 0.244 e. The summed E-state index contributed by atoms with van der Waals surface area (Å²) in [6.07, 6.45) is 3.37. The summed E-state index contributed by atoms with van der Waals surface area (Å²) in [5, 5.41) is 3.18. The molecule has 27 heavy (non-hydrogen) atoms. The lowest BCUT2D eigenvalue weighted by Crippen LogP contribution is -2.40. The zero-order valence-electron chi connectivity index (χ0n) is 15.0. The minimum Gasteiger partial charge on any atom is -0.379 e. The number of nitrogens with one attached hydrogen (secondary N) is 1. The van der Waals surface area contributed by atoms with Gasteiger partial charge in [0.2, 0.25) is 10.0 Å². The first-order valence-electron chi connectivity index (χ1n) is 8.75. The maximum atomic E-state index is 12.6. The number of hydrogen-bond donors (Lipinski definition) is 1. The molecule has 3 aromatic rings. The highest BCUT2D eigenvalue weighted by atomic mass is 32.2. The van der Waals surface area contributed by atoms with Crippen molar-refractivity contribution < 1.29 is 13.2 Å². The molecule has 9 heteroatoms.